The molecule has 0 heterocycles. The molecule has 0 amide bonds. The quantitative estimate of drug-likeness (QED) is 0.671. The zero-order valence-electron chi connectivity index (χ0n) is 9.93. The van der Waals surface area contributed by atoms with Crippen LogP contribution < -0.4 is 5.32 Å². The minimum absolute atomic E-state index is 0.163. The van der Waals surface area contributed by atoms with Crippen molar-refractivity contribution in [3.8, 4) is 6.07 Å². The summed E-state index contributed by atoms with van der Waals surface area (Å²) in [6, 6.07) is 2.33. The van der Waals surface area contributed by atoms with E-state index < -0.39 is 0 Å². The number of nitriles is 1. The number of nitrogens with zero attached hydrogens (tertiary/aromatic N) is 2. The molecular weight excluding hydrogens is 174 g/mol. The minimum atomic E-state index is -0.163. The van der Waals surface area contributed by atoms with Crippen LogP contribution in [-0.4, -0.2) is 38.6 Å². The molecule has 0 aliphatic heterocycles. The zero-order chi connectivity index (χ0) is 11.0. The predicted molar refractivity (Wildman–Crippen MR) is 60.1 cm³/mol. The minimum Gasteiger partial charge on any atom is -0.318 e. The summed E-state index contributed by atoms with van der Waals surface area (Å²) in [6.45, 7) is 7.18. The zero-order valence-corrected chi connectivity index (χ0v) is 9.93. The molecule has 0 saturated heterocycles. The van der Waals surface area contributed by atoms with Gasteiger partial charge in [0.15, 0.2) is 0 Å². The van der Waals surface area contributed by atoms with Gasteiger partial charge < -0.3 is 10.2 Å². The Bertz CT molecular complexity index is 181. The van der Waals surface area contributed by atoms with E-state index in [9.17, 15) is 0 Å². The maximum absolute atomic E-state index is 8.83. The van der Waals surface area contributed by atoms with Crippen LogP contribution in [0.2, 0.25) is 0 Å². The van der Waals surface area contributed by atoms with E-state index in [1.807, 2.05) is 20.9 Å². The Balaban J connectivity index is 3.50. The molecule has 0 aliphatic carbocycles. The molecule has 0 aromatic heterocycles. The molecule has 14 heavy (non-hydrogen) atoms. The smallest absolute Gasteiger partial charge is 0.0683 e. The highest BCUT2D eigenvalue weighted by Gasteiger charge is 2.15. The van der Waals surface area contributed by atoms with Gasteiger partial charge in [-0.1, -0.05) is 0 Å². The van der Waals surface area contributed by atoms with Crippen LogP contribution in [0.3, 0.4) is 0 Å². The first-order valence-electron chi connectivity index (χ1n) is 5.26. The number of rotatable bonds is 7. The molecule has 0 aromatic rings. The molecule has 0 saturated carbocycles. The second kappa shape index (κ2) is 6.80. The van der Waals surface area contributed by atoms with Crippen LogP contribution in [0.15, 0.2) is 0 Å². The van der Waals surface area contributed by atoms with Gasteiger partial charge in [0, 0.05) is 13.1 Å². The third-order valence-electron chi connectivity index (χ3n) is 2.39. The first kappa shape index (κ1) is 13.4. The van der Waals surface area contributed by atoms with Crippen molar-refractivity contribution >= 4 is 0 Å². The van der Waals surface area contributed by atoms with E-state index >= 15 is 0 Å². The standard InChI is InChI=1S/C11H23N3/c1-11(2,10-12)6-5-8-14(4)9-7-13-3/h13H,5-9H2,1-4H3. The number of hydrogen-bond acceptors (Lipinski definition) is 3. The van der Waals surface area contributed by atoms with E-state index in [1.54, 1.807) is 0 Å². The number of likely N-dealkylation sites (N-methyl/N-ethyl adjacent to an activating group) is 2. The van der Waals surface area contributed by atoms with Crippen molar-refractivity contribution in [1.29, 1.82) is 5.26 Å². The number of nitrogens with one attached hydrogen (secondary N) is 1. The molecule has 0 fully saturated rings. The van der Waals surface area contributed by atoms with E-state index in [2.05, 4.69) is 23.3 Å². The van der Waals surface area contributed by atoms with Crippen LogP contribution in [0.25, 0.3) is 0 Å². The summed E-state index contributed by atoms with van der Waals surface area (Å²) in [5.41, 5.74) is -0.163. The maximum Gasteiger partial charge on any atom is 0.0683 e. The second-order valence-electron chi connectivity index (χ2n) is 4.51. The molecule has 0 atom stereocenters. The van der Waals surface area contributed by atoms with Crippen LogP contribution in [-0.2, 0) is 0 Å². The van der Waals surface area contributed by atoms with Crippen LogP contribution in [0, 0.1) is 16.7 Å². The van der Waals surface area contributed by atoms with E-state index in [4.69, 9.17) is 5.26 Å². The molecule has 0 rings (SSSR count). The molecule has 3 heteroatoms. The normalized spacial score (nSPS) is 11.7. The molecule has 3 nitrogen and oxygen atoms in total. The fraction of sp³-hybridized carbons (Fsp3) is 0.909. The van der Waals surface area contributed by atoms with Gasteiger partial charge in [0.05, 0.1) is 11.5 Å². The molecule has 0 unspecified atom stereocenters. The lowest BCUT2D eigenvalue weighted by Crippen LogP contribution is -2.28. The lowest BCUT2D eigenvalue weighted by atomic mass is 9.90. The van der Waals surface area contributed by atoms with Gasteiger partial charge in [-0.3, -0.25) is 0 Å². The molecule has 0 spiro atoms. The molecule has 0 radical (unpaired) electrons. The maximum atomic E-state index is 8.83. The molecule has 1 N–H and O–H groups in total. The second-order valence-corrected chi connectivity index (χ2v) is 4.51. The Labute approximate surface area is 88.1 Å². The van der Waals surface area contributed by atoms with E-state index in [-0.39, 0.29) is 5.41 Å². The molecule has 0 aliphatic rings. The average Bonchev–Trinajstić information content (AvgIpc) is 2.14. The highest BCUT2D eigenvalue weighted by Crippen LogP contribution is 2.20. The van der Waals surface area contributed by atoms with Crippen molar-refractivity contribution in [3.05, 3.63) is 0 Å². The molecule has 0 aromatic carbocycles. The highest BCUT2D eigenvalue weighted by atomic mass is 15.1. The van der Waals surface area contributed by atoms with Crippen molar-refractivity contribution in [2.75, 3.05) is 33.7 Å². The van der Waals surface area contributed by atoms with E-state index in [0.717, 1.165) is 32.5 Å². The van der Waals surface area contributed by atoms with Gasteiger partial charge in [-0.2, -0.15) is 5.26 Å². The third-order valence-corrected chi connectivity index (χ3v) is 2.39. The molecular formula is C11H23N3. The Morgan fingerprint density at radius 3 is 2.50 bits per heavy atom. The summed E-state index contributed by atoms with van der Waals surface area (Å²) in [5.74, 6) is 0. The molecule has 0 bridgehead atoms. The summed E-state index contributed by atoms with van der Waals surface area (Å²) < 4.78 is 0. The predicted octanol–water partition coefficient (Wildman–Crippen LogP) is 1.47. The Kier molecular flexibility index (Phi) is 6.52. The number of hydrogen-bond donors (Lipinski definition) is 1. The summed E-state index contributed by atoms with van der Waals surface area (Å²) in [5, 5.41) is 11.9. The summed E-state index contributed by atoms with van der Waals surface area (Å²) in [4.78, 5) is 2.30. The monoisotopic (exact) mass is 197 g/mol. The Morgan fingerprint density at radius 2 is 2.00 bits per heavy atom. The third kappa shape index (κ3) is 6.88. The van der Waals surface area contributed by atoms with Gasteiger partial charge in [-0.25, -0.2) is 0 Å². The van der Waals surface area contributed by atoms with Gasteiger partial charge in [0.2, 0.25) is 0 Å². The Hall–Kier alpha value is -0.590. The van der Waals surface area contributed by atoms with Gasteiger partial charge in [-0.05, 0) is 47.3 Å². The van der Waals surface area contributed by atoms with Crippen molar-refractivity contribution in [3.63, 3.8) is 0 Å². The highest BCUT2D eigenvalue weighted by molar-refractivity contribution is 4.91. The van der Waals surface area contributed by atoms with Crippen molar-refractivity contribution < 1.29 is 0 Å². The van der Waals surface area contributed by atoms with Crippen LogP contribution in [0.4, 0.5) is 0 Å². The fourth-order valence-electron chi connectivity index (χ4n) is 1.26. The van der Waals surface area contributed by atoms with Crippen molar-refractivity contribution in [2.45, 2.75) is 26.7 Å². The van der Waals surface area contributed by atoms with Crippen molar-refractivity contribution in [1.82, 2.24) is 10.2 Å². The largest absolute Gasteiger partial charge is 0.318 e. The summed E-state index contributed by atoms with van der Waals surface area (Å²) >= 11 is 0. The Morgan fingerprint density at radius 1 is 1.36 bits per heavy atom. The lowest BCUT2D eigenvalue weighted by Gasteiger charge is -2.19. The van der Waals surface area contributed by atoms with Gasteiger partial charge >= 0.3 is 0 Å². The topological polar surface area (TPSA) is 39.1 Å². The first-order chi connectivity index (χ1) is 6.52. The first-order valence-corrected chi connectivity index (χ1v) is 5.26. The molecule has 82 valence electrons. The SMILES string of the molecule is CNCCN(C)CCCC(C)(C)C#N. The van der Waals surface area contributed by atoms with Gasteiger partial charge in [-0.15, -0.1) is 0 Å². The van der Waals surface area contributed by atoms with Gasteiger partial charge in [0.25, 0.3) is 0 Å². The van der Waals surface area contributed by atoms with Crippen molar-refractivity contribution in [2.24, 2.45) is 5.41 Å². The summed E-state index contributed by atoms with van der Waals surface area (Å²) in [7, 11) is 4.09. The van der Waals surface area contributed by atoms with Crippen LogP contribution >= 0.6 is 0 Å². The van der Waals surface area contributed by atoms with E-state index in [0.29, 0.717) is 0 Å². The lowest BCUT2D eigenvalue weighted by molar-refractivity contribution is 0.305. The fourth-order valence-corrected chi connectivity index (χ4v) is 1.26. The van der Waals surface area contributed by atoms with Gasteiger partial charge in [0.1, 0.15) is 0 Å². The average molecular weight is 197 g/mol. The van der Waals surface area contributed by atoms with Crippen LogP contribution in [0.5, 0.6) is 0 Å². The summed E-state index contributed by atoms with van der Waals surface area (Å²) in [6.07, 6.45) is 2.08. The van der Waals surface area contributed by atoms with Crippen LogP contribution in [0.1, 0.15) is 26.7 Å². The van der Waals surface area contributed by atoms with E-state index in [1.165, 1.54) is 0 Å².